The molecule has 1 unspecified atom stereocenters. The number of hydrogen-bond donors (Lipinski definition) is 0. The summed E-state index contributed by atoms with van der Waals surface area (Å²) in [5.41, 5.74) is 0.0838. The van der Waals surface area contributed by atoms with Gasteiger partial charge in [0.15, 0.2) is 9.84 Å². The fraction of sp³-hybridized carbons (Fsp3) is 0.333. The van der Waals surface area contributed by atoms with E-state index < -0.39 is 20.9 Å². The van der Waals surface area contributed by atoms with Crippen molar-refractivity contribution < 1.29 is 12.8 Å². The minimum atomic E-state index is -3.29. The average Bonchev–Trinajstić information content (AvgIpc) is 2.14. The normalized spacial score (nSPS) is 24.9. The lowest BCUT2D eigenvalue weighted by Gasteiger charge is -2.10. The van der Waals surface area contributed by atoms with Gasteiger partial charge in [-0.25, -0.2) is 17.8 Å². The number of rotatable bonds is 2. The van der Waals surface area contributed by atoms with Crippen molar-refractivity contribution in [1.29, 1.82) is 0 Å². The molecular formula is C9H11FN2O2S. The first-order valence-electron chi connectivity index (χ1n) is 4.18. The molecule has 82 valence electrons. The zero-order valence-electron chi connectivity index (χ0n) is 8.38. The highest BCUT2D eigenvalue weighted by Gasteiger charge is 2.21. The Morgan fingerprint density at radius 2 is 2.20 bits per heavy atom. The monoisotopic (exact) mass is 230 g/mol. The largest absolute Gasteiger partial charge is 0.277 e. The van der Waals surface area contributed by atoms with Crippen molar-refractivity contribution in [3.63, 3.8) is 0 Å². The maximum Gasteiger partial charge on any atom is 0.157 e. The zero-order chi connectivity index (χ0) is 11.5. The van der Waals surface area contributed by atoms with Crippen LogP contribution in [0.25, 0.3) is 0 Å². The van der Waals surface area contributed by atoms with Gasteiger partial charge in [-0.3, -0.25) is 4.99 Å². The summed E-state index contributed by atoms with van der Waals surface area (Å²) in [7, 11) is -1.78. The molecular weight excluding hydrogens is 219 g/mol. The van der Waals surface area contributed by atoms with Gasteiger partial charge in [0.1, 0.15) is 17.4 Å². The molecule has 0 amide bonds. The van der Waals surface area contributed by atoms with Crippen molar-refractivity contribution in [1.82, 2.24) is 0 Å². The Labute approximate surface area is 87.9 Å². The van der Waals surface area contributed by atoms with E-state index >= 15 is 0 Å². The van der Waals surface area contributed by atoms with Crippen LogP contribution in [0.5, 0.6) is 0 Å². The van der Waals surface area contributed by atoms with E-state index in [4.69, 9.17) is 0 Å². The number of nitrogens with zero attached hydrogens (tertiary/aromatic N) is 2. The fourth-order valence-corrected chi connectivity index (χ4v) is 1.77. The summed E-state index contributed by atoms with van der Waals surface area (Å²) < 4.78 is 35.6. The maximum absolute atomic E-state index is 13.3. The predicted molar refractivity (Wildman–Crippen MR) is 58.8 cm³/mol. The van der Waals surface area contributed by atoms with Gasteiger partial charge in [-0.2, -0.15) is 0 Å². The second-order valence-corrected chi connectivity index (χ2v) is 5.26. The first-order valence-corrected chi connectivity index (χ1v) is 6.14. The molecule has 0 fully saturated rings. The molecule has 1 aliphatic rings. The van der Waals surface area contributed by atoms with E-state index in [0.29, 0.717) is 0 Å². The Kier molecular flexibility index (Phi) is 3.52. The van der Waals surface area contributed by atoms with Crippen LogP contribution in [-0.4, -0.2) is 39.0 Å². The van der Waals surface area contributed by atoms with Crippen LogP contribution in [0.4, 0.5) is 4.39 Å². The van der Waals surface area contributed by atoms with Crippen LogP contribution in [0.15, 0.2) is 34.0 Å². The van der Waals surface area contributed by atoms with Crippen molar-refractivity contribution >= 4 is 21.9 Å². The van der Waals surface area contributed by atoms with Crippen molar-refractivity contribution in [2.75, 3.05) is 13.3 Å². The van der Waals surface area contributed by atoms with E-state index in [1.165, 1.54) is 25.5 Å². The van der Waals surface area contributed by atoms with Crippen molar-refractivity contribution in [3.8, 4) is 0 Å². The third kappa shape index (κ3) is 3.09. The first kappa shape index (κ1) is 11.8. The molecule has 15 heavy (non-hydrogen) atoms. The van der Waals surface area contributed by atoms with Crippen LogP contribution in [0, 0.1) is 0 Å². The molecule has 4 nitrogen and oxygen atoms in total. The summed E-state index contributed by atoms with van der Waals surface area (Å²) in [6.07, 6.45) is 6.01. The molecule has 0 saturated heterocycles. The Hall–Kier alpha value is -1.30. The third-order valence-electron chi connectivity index (χ3n) is 1.81. The summed E-state index contributed by atoms with van der Waals surface area (Å²) >= 11 is 0. The van der Waals surface area contributed by atoms with Gasteiger partial charge in [-0.1, -0.05) is 6.08 Å². The molecule has 0 N–H and O–H groups in total. The van der Waals surface area contributed by atoms with Crippen LogP contribution >= 0.6 is 0 Å². The summed E-state index contributed by atoms with van der Waals surface area (Å²) in [5.74, 6) is -0.646. The van der Waals surface area contributed by atoms with Gasteiger partial charge in [0, 0.05) is 13.3 Å². The molecule has 6 heteroatoms. The fourth-order valence-electron chi connectivity index (χ4n) is 1.04. The number of aliphatic imine (C=N–C) groups is 2. The molecule has 1 rings (SSSR count). The molecule has 0 aromatic heterocycles. The third-order valence-corrected chi connectivity index (χ3v) is 3.09. The number of halogens is 1. The lowest BCUT2D eigenvalue weighted by molar-refractivity contribution is 0.598. The van der Waals surface area contributed by atoms with E-state index in [1.807, 2.05) is 0 Å². The smallest absolute Gasteiger partial charge is 0.157 e. The second kappa shape index (κ2) is 4.48. The molecule has 0 saturated carbocycles. The molecule has 1 aliphatic carbocycles. The van der Waals surface area contributed by atoms with Gasteiger partial charge in [-0.05, 0) is 12.2 Å². The van der Waals surface area contributed by atoms with Crippen LogP contribution in [0.1, 0.15) is 0 Å². The summed E-state index contributed by atoms with van der Waals surface area (Å²) in [4.78, 5) is 7.27. The van der Waals surface area contributed by atoms with E-state index in [-0.39, 0.29) is 5.71 Å². The van der Waals surface area contributed by atoms with Gasteiger partial charge in [0.2, 0.25) is 0 Å². The molecule has 0 bridgehead atoms. The molecule has 0 radical (unpaired) electrons. The Morgan fingerprint density at radius 3 is 2.67 bits per heavy atom. The number of hydrogen-bond acceptors (Lipinski definition) is 3. The van der Waals surface area contributed by atoms with Crippen LogP contribution in [0.3, 0.4) is 0 Å². The Morgan fingerprint density at radius 1 is 1.53 bits per heavy atom. The van der Waals surface area contributed by atoms with Crippen molar-refractivity contribution in [3.05, 3.63) is 24.1 Å². The minimum absolute atomic E-state index is 0.0838. The van der Waals surface area contributed by atoms with Crippen LogP contribution in [-0.2, 0) is 9.84 Å². The number of sulfone groups is 1. The topological polar surface area (TPSA) is 58.9 Å². The molecule has 0 heterocycles. The average molecular weight is 230 g/mol. The molecule has 0 aliphatic heterocycles. The molecule has 0 spiro atoms. The van der Waals surface area contributed by atoms with Crippen LogP contribution in [0.2, 0.25) is 0 Å². The predicted octanol–water partition coefficient (Wildman–Crippen LogP) is 0.922. The standard InChI is InChI=1S/C9H11FN2O2S/c1-11-6-12-9-4-3-7(5-8(9)10)15(2,13)14/h3-7H,1-2H3. The summed E-state index contributed by atoms with van der Waals surface area (Å²) in [6, 6.07) is 0. The summed E-state index contributed by atoms with van der Waals surface area (Å²) in [6.45, 7) is 0. The molecule has 0 aromatic rings. The Bertz CT molecular complexity index is 461. The summed E-state index contributed by atoms with van der Waals surface area (Å²) in [5, 5.41) is -0.907. The van der Waals surface area contributed by atoms with Gasteiger partial charge in [0.05, 0.1) is 5.71 Å². The van der Waals surface area contributed by atoms with Gasteiger partial charge in [0.25, 0.3) is 0 Å². The highest BCUT2D eigenvalue weighted by molar-refractivity contribution is 7.91. The SMILES string of the molecule is CN=CN=C1C=CC(S(C)(=O)=O)C=C1F. The highest BCUT2D eigenvalue weighted by Crippen LogP contribution is 2.15. The van der Waals surface area contributed by atoms with Crippen molar-refractivity contribution in [2.24, 2.45) is 9.98 Å². The molecule has 0 aromatic carbocycles. The highest BCUT2D eigenvalue weighted by atomic mass is 32.2. The van der Waals surface area contributed by atoms with E-state index in [9.17, 15) is 12.8 Å². The minimum Gasteiger partial charge on any atom is -0.277 e. The van der Waals surface area contributed by atoms with Crippen molar-refractivity contribution in [2.45, 2.75) is 5.25 Å². The quantitative estimate of drug-likeness (QED) is 0.523. The Balaban J connectivity index is 2.99. The lowest BCUT2D eigenvalue weighted by atomic mass is 10.1. The van der Waals surface area contributed by atoms with Gasteiger partial charge >= 0.3 is 0 Å². The van der Waals surface area contributed by atoms with E-state index in [1.54, 1.807) is 0 Å². The van der Waals surface area contributed by atoms with Gasteiger partial charge in [-0.15, -0.1) is 0 Å². The lowest BCUT2D eigenvalue weighted by Crippen LogP contribution is -2.19. The zero-order valence-corrected chi connectivity index (χ0v) is 9.20. The first-order chi connectivity index (χ1) is 6.95. The van der Waals surface area contributed by atoms with Crippen LogP contribution < -0.4 is 0 Å². The van der Waals surface area contributed by atoms with Gasteiger partial charge < -0.3 is 0 Å². The molecule has 1 atom stereocenters. The van der Waals surface area contributed by atoms with E-state index in [2.05, 4.69) is 9.98 Å². The number of allylic oxidation sites excluding steroid dienone is 2. The van der Waals surface area contributed by atoms with E-state index in [0.717, 1.165) is 12.3 Å². The maximum atomic E-state index is 13.3. The second-order valence-electron chi connectivity index (χ2n) is 3.06.